The molecule has 0 radical (unpaired) electrons. The first-order chi connectivity index (χ1) is 13.6. The van der Waals surface area contributed by atoms with Crippen LogP contribution in [0.1, 0.15) is 29.2 Å². The number of amides is 1. The third-order valence-corrected chi connectivity index (χ3v) is 5.64. The highest BCUT2D eigenvalue weighted by atomic mass is 35.5. The van der Waals surface area contributed by atoms with Crippen molar-refractivity contribution in [2.45, 2.75) is 25.4 Å². The fourth-order valence-electron chi connectivity index (χ4n) is 3.03. The van der Waals surface area contributed by atoms with E-state index in [1.165, 1.54) is 11.8 Å². The highest BCUT2D eigenvalue weighted by molar-refractivity contribution is 7.13. The highest BCUT2D eigenvalue weighted by Gasteiger charge is 2.30. The molecule has 0 atom stereocenters. The van der Waals surface area contributed by atoms with Gasteiger partial charge in [-0.3, -0.25) is 9.36 Å². The normalized spacial score (nSPS) is 13.5. The van der Waals surface area contributed by atoms with Gasteiger partial charge in [-0.15, -0.1) is 16.4 Å². The summed E-state index contributed by atoms with van der Waals surface area (Å²) in [6, 6.07) is 8.99. The smallest absolute Gasteiger partial charge is 0.346 e. The number of nitrogens with zero attached hydrogens (tertiary/aromatic N) is 3. The van der Waals surface area contributed by atoms with Crippen LogP contribution in [0.2, 0.25) is 5.02 Å². The Balaban J connectivity index is 1.49. The summed E-state index contributed by atoms with van der Waals surface area (Å²) in [7, 11) is 1.50. The fourth-order valence-corrected chi connectivity index (χ4v) is 3.91. The molecule has 0 saturated heterocycles. The Morgan fingerprint density at radius 1 is 1.39 bits per heavy atom. The van der Waals surface area contributed by atoms with Gasteiger partial charge in [0.15, 0.2) is 5.82 Å². The molecule has 2 aromatic heterocycles. The molecule has 0 bridgehead atoms. The lowest BCUT2D eigenvalue weighted by molar-refractivity contribution is 0.0948. The maximum Gasteiger partial charge on any atom is 0.346 e. The van der Waals surface area contributed by atoms with Gasteiger partial charge in [0, 0.05) is 17.6 Å². The number of carbonyl (C=O) groups is 1. The first-order valence-corrected chi connectivity index (χ1v) is 10.2. The monoisotopic (exact) mass is 418 g/mol. The van der Waals surface area contributed by atoms with Crippen LogP contribution in [0.3, 0.4) is 0 Å². The maximum atomic E-state index is 12.8. The zero-order valence-corrected chi connectivity index (χ0v) is 16.8. The summed E-state index contributed by atoms with van der Waals surface area (Å²) in [5, 5.41) is 9.73. The Kier molecular flexibility index (Phi) is 5.23. The van der Waals surface area contributed by atoms with E-state index in [2.05, 4.69) is 10.4 Å². The summed E-state index contributed by atoms with van der Waals surface area (Å²) < 4.78 is 8.40. The molecule has 1 aliphatic carbocycles. The molecular formula is C19H19ClN4O3S. The van der Waals surface area contributed by atoms with Crippen molar-refractivity contribution < 1.29 is 9.53 Å². The maximum absolute atomic E-state index is 12.8. The van der Waals surface area contributed by atoms with Crippen molar-refractivity contribution in [3.8, 4) is 16.5 Å². The van der Waals surface area contributed by atoms with Gasteiger partial charge in [0.25, 0.3) is 5.91 Å². The molecule has 4 rings (SSSR count). The molecule has 2 heterocycles. The van der Waals surface area contributed by atoms with Gasteiger partial charge in [-0.1, -0.05) is 17.7 Å². The van der Waals surface area contributed by atoms with Crippen LogP contribution < -0.4 is 15.7 Å². The molecule has 7 nitrogen and oxygen atoms in total. The number of aromatic nitrogens is 3. The second kappa shape index (κ2) is 7.81. The summed E-state index contributed by atoms with van der Waals surface area (Å²) in [5.74, 6) is 0.829. The van der Waals surface area contributed by atoms with Gasteiger partial charge >= 0.3 is 5.69 Å². The largest absolute Gasteiger partial charge is 0.496 e. The molecule has 1 saturated carbocycles. The van der Waals surface area contributed by atoms with Gasteiger partial charge in [0.05, 0.1) is 24.1 Å². The van der Waals surface area contributed by atoms with E-state index >= 15 is 0 Å². The predicted octanol–water partition coefficient (Wildman–Crippen LogP) is 3.20. The van der Waals surface area contributed by atoms with Gasteiger partial charge in [-0.25, -0.2) is 9.48 Å². The second-order valence-corrected chi connectivity index (χ2v) is 7.89. The summed E-state index contributed by atoms with van der Waals surface area (Å²) in [5.41, 5.74) is 0.214. The number of carbonyl (C=O) groups excluding carboxylic acids is 1. The highest BCUT2D eigenvalue weighted by Crippen LogP contribution is 2.37. The van der Waals surface area contributed by atoms with Crippen molar-refractivity contribution in [2.24, 2.45) is 0 Å². The third-order valence-electron chi connectivity index (χ3n) is 4.54. The predicted molar refractivity (Wildman–Crippen MR) is 108 cm³/mol. The molecule has 3 aromatic rings. The number of halogens is 1. The molecule has 1 fully saturated rings. The molecule has 0 spiro atoms. The van der Waals surface area contributed by atoms with E-state index in [9.17, 15) is 9.59 Å². The van der Waals surface area contributed by atoms with E-state index in [0.29, 0.717) is 22.2 Å². The first-order valence-electron chi connectivity index (χ1n) is 8.93. The molecule has 1 aliphatic rings. The summed E-state index contributed by atoms with van der Waals surface area (Å²) in [4.78, 5) is 26.2. The van der Waals surface area contributed by atoms with E-state index in [4.69, 9.17) is 16.3 Å². The van der Waals surface area contributed by atoms with E-state index in [0.717, 1.165) is 17.7 Å². The van der Waals surface area contributed by atoms with Crippen molar-refractivity contribution >= 4 is 28.8 Å². The Labute approximate surface area is 170 Å². The van der Waals surface area contributed by atoms with Crippen LogP contribution in [-0.2, 0) is 6.54 Å². The standard InChI is InChI=1S/C19H19ClN4O3S/c1-27-15-7-4-12(20)11-14(15)18(25)21-8-9-23-19(26)24(13-5-6-13)17(22-23)16-3-2-10-28-16/h2-4,7,10-11,13H,5-6,8-9H2,1H3,(H,21,25). The van der Waals surface area contributed by atoms with E-state index in [1.807, 2.05) is 17.5 Å². The van der Waals surface area contributed by atoms with Crippen molar-refractivity contribution in [3.05, 3.63) is 56.8 Å². The van der Waals surface area contributed by atoms with Gasteiger partial charge in [-0.2, -0.15) is 0 Å². The average molecular weight is 419 g/mol. The van der Waals surface area contributed by atoms with Crippen molar-refractivity contribution in [1.29, 1.82) is 0 Å². The number of nitrogens with one attached hydrogen (secondary N) is 1. The lowest BCUT2D eigenvalue weighted by Crippen LogP contribution is -2.32. The Morgan fingerprint density at radius 2 is 2.21 bits per heavy atom. The van der Waals surface area contributed by atoms with Gasteiger partial charge in [0.2, 0.25) is 0 Å². The lowest BCUT2D eigenvalue weighted by atomic mass is 10.2. The Morgan fingerprint density at radius 3 is 2.89 bits per heavy atom. The van der Waals surface area contributed by atoms with Crippen LogP contribution in [0.25, 0.3) is 10.7 Å². The zero-order valence-electron chi connectivity index (χ0n) is 15.2. The first kappa shape index (κ1) is 18.8. The van der Waals surface area contributed by atoms with Crippen LogP contribution >= 0.6 is 22.9 Å². The molecule has 0 unspecified atom stereocenters. The number of benzene rings is 1. The molecule has 9 heteroatoms. The van der Waals surface area contributed by atoms with E-state index in [-0.39, 0.29) is 30.7 Å². The number of thiophene rings is 1. The lowest BCUT2D eigenvalue weighted by Gasteiger charge is -2.09. The molecule has 146 valence electrons. The van der Waals surface area contributed by atoms with Gasteiger partial charge in [-0.05, 0) is 42.5 Å². The van der Waals surface area contributed by atoms with Crippen LogP contribution in [0.4, 0.5) is 0 Å². The van der Waals surface area contributed by atoms with E-state index in [1.54, 1.807) is 34.1 Å². The fraction of sp³-hybridized carbons (Fsp3) is 0.316. The third kappa shape index (κ3) is 3.70. The van der Waals surface area contributed by atoms with Crippen LogP contribution in [0, 0.1) is 0 Å². The number of rotatable bonds is 7. The number of ether oxygens (including phenoxy) is 1. The minimum absolute atomic E-state index is 0.138. The summed E-state index contributed by atoms with van der Waals surface area (Å²) >= 11 is 7.54. The number of hydrogen-bond donors (Lipinski definition) is 1. The minimum Gasteiger partial charge on any atom is -0.496 e. The molecule has 1 aromatic carbocycles. The molecule has 0 aliphatic heterocycles. The second-order valence-electron chi connectivity index (χ2n) is 6.51. The molecule has 28 heavy (non-hydrogen) atoms. The van der Waals surface area contributed by atoms with E-state index < -0.39 is 0 Å². The SMILES string of the molecule is COc1ccc(Cl)cc1C(=O)NCCn1nc(-c2cccs2)n(C2CC2)c1=O. The van der Waals surface area contributed by atoms with Crippen molar-refractivity contribution in [1.82, 2.24) is 19.7 Å². The summed E-state index contributed by atoms with van der Waals surface area (Å²) in [6.07, 6.45) is 1.99. The number of methoxy groups -OCH3 is 1. The number of hydrogen-bond acceptors (Lipinski definition) is 5. The topological polar surface area (TPSA) is 78.2 Å². The van der Waals surface area contributed by atoms with Gasteiger partial charge < -0.3 is 10.1 Å². The quantitative estimate of drug-likeness (QED) is 0.639. The van der Waals surface area contributed by atoms with Gasteiger partial charge in [0.1, 0.15) is 5.75 Å². The molecule has 1 N–H and O–H groups in total. The minimum atomic E-state index is -0.312. The zero-order chi connectivity index (χ0) is 19.7. The molecular weight excluding hydrogens is 400 g/mol. The average Bonchev–Trinajstić information content (AvgIpc) is 3.26. The summed E-state index contributed by atoms with van der Waals surface area (Å²) in [6.45, 7) is 0.547. The van der Waals surface area contributed by atoms with Crippen molar-refractivity contribution in [2.75, 3.05) is 13.7 Å². The van der Waals surface area contributed by atoms with Crippen LogP contribution in [0.5, 0.6) is 5.75 Å². The molecule has 1 amide bonds. The van der Waals surface area contributed by atoms with Crippen molar-refractivity contribution in [3.63, 3.8) is 0 Å². The Hall–Kier alpha value is -2.58. The Bertz CT molecular complexity index is 1050. The van der Waals surface area contributed by atoms with Crippen LogP contribution in [-0.4, -0.2) is 33.9 Å². The van der Waals surface area contributed by atoms with Crippen LogP contribution in [0.15, 0.2) is 40.5 Å².